The molecule has 126 valence electrons. The van der Waals surface area contributed by atoms with Crippen LogP contribution in [-0.4, -0.2) is 39.7 Å². The summed E-state index contributed by atoms with van der Waals surface area (Å²) < 4.78 is 6.05. The van der Waals surface area contributed by atoms with E-state index in [1.165, 1.54) is 0 Å². The van der Waals surface area contributed by atoms with E-state index in [1.54, 1.807) is 0 Å². The fourth-order valence-electron chi connectivity index (χ4n) is 3.70. The minimum Gasteiger partial charge on any atom is -0.369 e. The number of H-pyrrole nitrogens is 1. The van der Waals surface area contributed by atoms with Gasteiger partial charge in [0.1, 0.15) is 6.10 Å². The van der Waals surface area contributed by atoms with Crippen LogP contribution in [0.2, 0.25) is 0 Å². The second kappa shape index (κ2) is 5.74. The van der Waals surface area contributed by atoms with Crippen LogP contribution in [0.3, 0.4) is 0 Å². The number of aromatic nitrogens is 2. The Morgan fingerprint density at radius 2 is 2.08 bits per heavy atom. The third-order valence-corrected chi connectivity index (χ3v) is 5.14. The molecule has 1 aromatic heterocycles. The first-order valence-electron chi connectivity index (χ1n) is 8.61. The molecule has 1 N–H and O–H groups in total. The molecule has 5 heteroatoms. The van der Waals surface area contributed by atoms with Crippen molar-refractivity contribution in [1.29, 1.82) is 0 Å². The van der Waals surface area contributed by atoms with Crippen molar-refractivity contribution in [2.45, 2.75) is 44.8 Å². The molecule has 0 saturated carbocycles. The monoisotopic (exact) mass is 325 g/mol. The number of rotatable bonds is 2. The molecular weight excluding hydrogens is 302 g/mol. The van der Waals surface area contributed by atoms with Crippen molar-refractivity contribution in [3.8, 4) is 0 Å². The maximum Gasteiger partial charge on any atom is 0.275 e. The van der Waals surface area contributed by atoms with Crippen molar-refractivity contribution >= 4 is 5.91 Å². The lowest BCUT2D eigenvalue weighted by atomic mass is 9.97. The summed E-state index contributed by atoms with van der Waals surface area (Å²) in [6.45, 7) is 5.18. The first-order chi connectivity index (χ1) is 11.6. The van der Waals surface area contributed by atoms with E-state index in [4.69, 9.17) is 4.74 Å². The van der Waals surface area contributed by atoms with Crippen LogP contribution in [0.15, 0.2) is 30.3 Å². The number of amides is 1. The molecule has 4 rings (SSSR count). The first-order valence-corrected chi connectivity index (χ1v) is 8.61. The number of aromatic amines is 1. The Hall–Kier alpha value is -2.14. The number of nitrogens with one attached hydrogen (secondary N) is 1. The molecule has 1 amide bonds. The van der Waals surface area contributed by atoms with Crippen LogP contribution in [0.1, 0.15) is 53.7 Å². The molecule has 1 saturated heterocycles. The lowest BCUT2D eigenvalue weighted by molar-refractivity contribution is -0.0848. The predicted octanol–water partition coefficient (Wildman–Crippen LogP) is 2.89. The summed E-state index contributed by atoms with van der Waals surface area (Å²) in [5.74, 6) is 0.0173. The van der Waals surface area contributed by atoms with Crippen LogP contribution in [0.4, 0.5) is 0 Å². The Bertz CT molecular complexity index is 751. The van der Waals surface area contributed by atoms with E-state index in [-0.39, 0.29) is 17.6 Å². The fourth-order valence-corrected chi connectivity index (χ4v) is 3.70. The van der Waals surface area contributed by atoms with Gasteiger partial charge in [0, 0.05) is 11.3 Å². The van der Waals surface area contributed by atoms with Crippen LogP contribution in [0, 0.1) is 0 Å². The van der Waals surface area contributed by atoms with Crippen molar-refractivity contribution in [2.24, 2.45) is 0 Å². The van der Waals surface area contributed by atoms with Gasteiger partial charge < -0.3 is 9.64 Å². The van der Waals surface area contributed by atoms with E-state index >= 15 is 0 Å². The van der Waals surface area contributed by atoms with Gasteiger partial charge in [0.2, 0.25) is 0 Å². The zero-order valence-corrected chi connectivity index (χ0v) is 14.2. The van der Waals surface area contributed by atoms with Gasteiger partial charge in [0.05, 0.1) is 18.7 Å². The minimum absolute atomic E-state index is 0.0173. The summed E-state index contributed by atoms with van der Waals surface area (Å²) in [6, 6.07) is 10.1. The summed E-state index contributed by atoms with van der Waals surface area (Å²) in [7, 11) is 0. The third-order valence-electron chi connectivity index (χ3n) is 5.14. The highest BCUT2D eigenvalue weighted by Gasteiger charge is 2.40. The standard InChI is InChI=1S/C19H23N3O2/c1-19(2)12-24-16(13-7-4-3-5-8-13)11-22(19)18(23)17-14-9-6-10-15(14)20-21-17/h3-5,7-8,16H,6,9-12H2,1-2H3,(H,20,21)/t16-/m1/s1. The van der Waals surface area contributed by atoms with Crippen LogP contribution in [-0.2, 0) is 17.6 Å². The number of nitrogens with zero attached hydrogens (tertiary/aromatic N) is 2. The lowest BCUT2D eigenvalue weighted by Gasteiger charge is -2.45. The van der Waals surface area contributed by atoms with Gasteiger partial charge in [0.15, 0.2) is 5.69 Å². The molecule has 1 aromatic carbocycles. The topological polar surface area (TPSA) is 58.2 Å². The fraction of sp³-hybridized carbons (Fsp3) is 0.474. The maximum atomic E-state index is 13.2. The molecule has 5 nitrogen and oxygen atoms in total. The summed E-state index contributed by atoms with van der Waals surface area (Å²) >= 11 is 0. The first kappa shape index (κ1) is 15.4. The van der Waals surface area contributed by atoms with Gasteiger partial charge in [-0.25, -0.2) is 0 Å². The highest BCUT2D eigenvalue weighted by Crippen LogP contribution is 2.33. The van der Waals surface area contributed by atoms with E-state index in [2.05, 4.69) is 36.2 Å². The van der Waals surface area contributed by atoms with Crippen molar-refractivity contribution in [3.05, 3.63) is 52.8 Å². The van der Waals surface area contributed by atoms with Gasteiger partial charge in [-0.1, -0.05) is 30.3 Å². The number of morpholine rings is 1. The Kier molecular flexibility index (Phi) is 3.68. The van der Waals surface area contributed by atoms with Crippen molar-refractivity contribution in [3.63, 3.8) is 0 Å². The molecule has 0 bridgehead atoms. The number of benzene rings is 1. The van der Waals surface area contributed by atoms with Crippen molar-refractivity contribution in [2.75, 3.05) is 13.2 Å². The number of ether oxygens (including phenoxy) is 1. The van der Waals surface area contributed by atoms with Gasteiger partial charge in [-0.15, -0.1) is 0 Å². The van der Waals surface area contributed by atoms with Gasteiger partial charge in [-0.3, -0.25) is 9.89 Å². The molecule has 1 atom stereocenters. The highest BCUT2D eigenvalue weighted by molar-refractivity contribution is 5.94. The van der Waals surface area contributed by atoms with E-state index in [1.807, 2.05) is 23.1 Å². The molecule has 1 aliphatic carbocycles. The Labute approximate surface area is 142 Å². The Balaban J connectivity index is 1.62. The number of carbonyl (C=O) groups is 1. The smallest absolute Gasteiger partial charge is 0.275 e. The Morgan fingerprint density at radius 1 is 1.29 bits per heavy atom. The zero-order chi connectivity index (χ0) is 16.7. The average molecular weight is 325 g/mol. The molecule has 0 unspecified atom stereocenters. The second-order valence-corrected chi connectivity index (χ2v) is 7.32. The maximum absolute atomic E-state index is 13.2. The van der Waals surface area contributed by atoms with Crippen molar-refractivity contribution < 1.29 is 9.53 Å². The number of carbonyl (C=O) groups excluding carboxylic acids is 1. The van der Waals surface area contributed by atoms with Gasteiger partial charge in [-0.2, -0.15) is 5.10 Å². The molecule has 2 aromatic rings. The molecule has 24 heavy (non-hydrogen) atoms. The average Bonchev–Trinajstić information content (AvgIpc) is 3.18. The zero-order valence-electron chi connectivity index (χ0n) is 14.2. The summed E-state index contributed by atoms with van der Waals surface area (Å²) in [5, 5.41) is 7.37. The highest BCUT2D eigenvalue weighted by atomic mass is 16.5. The van der Waals surface area contributed by atoms with Crippen LogP contribution in [0.25, 0.3) is 0 Å². The molecule has 2 aliphatic rings. The van der Waals surface area contributed by atoms with Crippen LogP contribution in [0.5, 0.6) is 0 Å². The Morgan fingerprint density at radius 3 is 2.88 bits per heavy atom. The molecule has 1 aliphatic heterocycles. The summed E-state index contributed by atoms with van der Waals surface area (Å²) in [4.78, 5) is 15.1. The SMILES string of the molecule is CC1(C)CO[C@@H](c2ccccc2)CN1C(=O)c1n[nH]c2c1CCC2. The van der Waals surface area contributed by atoms with E-state index in [9.17, 15) is 4.79 Å². The van der Waals surface area contributed by atoms with Crippen LogP contribution >= 0.6 is 0 Å². The number of aryl methyl sites for hydroxylation is 1. The molecule has 0 spiro atoms. The predicted molar refractivity (Wildman–Crippen MR) is 90.9 cm³/mol. The van der Waals surface area contributed by atoms with Crippen LogP contribution < -0.4 is 0 Å². The quantitative estimate of drug-likeness (QED) is 0.923. The minimum atomic E-state index is -0.340. The second-order valence-electron chi connectivity index (χ2n) is 7.32. The largest absolute Gasteiger partial charge is 0.369 e. The molecular formula is C19H23N3O2. The number of fused-ring (bicyclic) bond motifs is 1. The third kappa shape index (κ3) is 2.53. The lowest BCUT2D eigenvalue weighted by Crippen LogP contribution is -2.56. The number of hydrogen-bond acceptors (Lipinski definition) is 3. The van der Waals surface area contributed by atoms with E-state index in [0.29, 0.717) is 18.8 Å². The normalized spacial score (nSPS) is 22.4. The van der Waals surface area contributed by atoms with Gasteiger partial charge in [0.25, 0.3) is 5.91 Å². The van der Waals surface area contributed by atoms with E-state index in [0.717, 1.165) is 36.1 Å². The molecule has 2 heterocycles. The van der Waals surface area contributed by atoms with Crippen molar-refractivity contribution in [1.82, 2.24) is 15.1 Å². The van der Waals surface area contributed by atoms with E-state index < -0.39 is 0 Å². The van der Waals surface area contributed by atoms with Gasteiger partial charge >= 0.3 is 0 Å². The molecule has 0 radical (unpaired) electrons. The number of hydrogen-bond donors (Lipinski definition) is 1. The summed E-state index contributed by atoms with van der Waals surface area (Å²) in [5.41, 5.74) is 3.61. The van der Waals surface area contributed by atoms with Gasteiger partial charge in [-0.05, 0) is 38.7 Å². The summed E-state index contributed by atoms with van der Waals surface area (Å²) in [6.07, 6.45) is 2.95. The molecule has 1 fully saturated rings.